The molecule has 0 aliphatic heterocycles. The number of unbranched alkanes of at least 4 members (excludes halogenated alkanes) is 1. The Morgan fingerprint density at radius 2 is 2.33 bits per heavy atom. The molecule has 0 N–H and O–H groups in total. The smallest absolute Gasteiger partial charge is 0.129 e. The first kappa shape index (κ1) is 9.99. The third kappa shape index (κ3) is 2.75. The van der Waals surface area contributed by atoms with Gasteiger partial charge in [-0.2, -0.15) is 5.10 Å². The molecular formula is C8H10Br2N2. The molecular weight excluding hydrogens is 284 g/mol. The fraction of sp³-hybridized carbons (Fsp3) is 0.375. The monoisotopic (exact) mass is 292 g/mol. The fourth-order valence-corrected chi connectivity index (χ4v) is 2.10. The van der Waals surface area contributed by atoms with Gasteiger partial charge in [-0.1, -0.05) is 6.08 Å². The Hall–Kier alpha value is -0.0900. The zero-order valence-corrected chi connectivity index (χ0v) is 9.81. The van der Waals surface area contributed by atoms with Gasteiger partial charge in [0.2, 0.25) is 0 Å². The Morgan fingerprint density at radius 1 is 1.58 bits per heavy atom. The lowest BCUT2D eigenvalue weighted by atomic mass is 10.3. The molecule has 0 saturated heterocycles. The van der Waals surface area contributed by atoms with Gasteiger partial charge in [0.25, 0.3) is 0 Å². The lowest BCUT2D eigenvalue weighted by Crippen LogP contribution is -1.99. The van der Waals surface area contributed by atoms with E-state index in [1.807, 2.05) is 16.8 Å². The number of aromatic nitrogens is 2. The highest BCUT2D eigenvalue weighted by Gasteiger charge is 2.01. The zero-order valence-electron chi connectivity index (χ0n) is 6.63. The summed E-state index contributed by atoms with van der Waals surface area (Å²) in [7, 11) is 0. The van der Waals surface area contributed by atoms with E-state index in [-0.39, 0.29) is 0 Å². The SMILES string of the molecule is C=CCCCn1nc(Br)cc1Br. The average Bonchev–Trinajstić information content (AvgIpc) is 2.31. The van der Waals surface area contributed by atoms with Crippen molar-refractivity contribution in [1.29, 1.82) is 0 Å². The molecule has 66 valence electrons. The summed E-state index contributed by atoms with van der Waals surface area (Å²) in [6.07, 6.45) is 4.03. The Labute approximate surface area is 88.9 Å². The molecule has 1 aromatic rings. The lowest BCUT2D eigenvalue weighted by molar-refractivity contribution is 0.570. The van der Waals surface area contributed by atoms with Crippen molar-refractivity contribution in [3.05, 3.63) is 27.9 Å². The van der Waals surface area contributed by atoms with Crippen LogP contribution in [-0.2, 0) is 6.54 Å². The summed E-state index contributed by atoms with van der Waals surface area (Å²) < 4.78 is 3.81. The van der Waals surface area contributed by atoms with Crippen molar-refractivity contribution >= 4 is 31.9 Å². The molecule has 0 unspecified atom stereocenters. The van der Waals surface area contributed by atoms with Crippen LogP contribution in [0.4, 0.5) is 0 Å². The highest BCUT2D eigenvalue weighted by atomic mass is 79.9. The summed E-state index contributed by atoms with van der Waals surface area (Å²) in [6.45, 7) is 4.60. The molecule has 0 fully saturated rings. The molecule has 1 heterocycles. The molecule has 0 atom stereocenters. The number of allylic oxidation sites excluding steroid dienone is 1. The van der Waals surface area contributed by atoms with E-state index in [4.69, 9.17) is 0 Å². The summed E-state index contributed by atoms with van der Waals surface area (Å²) in [4.78, 5) is 0. The highest BCUT2D eigenvalue weighted by molar-refractivity contribution is 9.11. The second-order valence-electron chi connectivity index (χ2n) is 2.44. The van der Waals surface area contributed by atoms with Crippen LogP contribution in [0.15, 0.2) is 27.9 Å². The third-order valence-electron chi connectivity index (χ3n) is 1.48. The van der Waals surface area contributed by atoms with Crippen molar-refractivity contribution in [1.82, 2.24) is 9.78 Å². The Bertz CT molecular complexity index is 268. The topological polar surface area (TPSA) is 17.8 Å². The minimum Gasteiger partial charge on any atom is -0.257 e. The summed E-state index contributed by atoms with van der Waals surface area (Å²) >= 11 is 6.72. The van der Waals surface area contributed by atoms with Crippen LogP contribution in [0.1, 0.15) is 12.8 Å². The standard InChI is InChI=1S/C8H10Br2N2/c1-2-3-4-5-12-8(10)6-7(9)11-12/h2,6H,1,3-5H2. The molecule has 0 spiro atoms. The Morgan fingerprint density at radius 3 is 2.83 bits per heavy atom. The van der Waals surface area contributed by atoms with Crippen molar-refractivity contribution in [2.24, 2.45) is 0 Å². The van der Waals surface area contributed by atoms with Crippen LogP contribution in [0.25, 0.3) is 0 Å². The minimum absolute atomic E-state index is 0.868. The number of rotatable bonds is 4. The number of aryl methyl sites for hydroxylation is 1. The normalized spacial score (nSPS) is 10.2. The number of hydrogen-bond acceptors (Lipinski definition) is 1. The van der Waals surface area contributed by atoms with Crippen LogP contribution in [-0.4, -0.2) is 9.78 Å². The van der Waals surface area contributed by atoms with Crippen molar-refractivity contribution in [3.8, 4) is 0 Å². The molecule has 0 aromatic carbocycles. The van der Waals surface area contributed by atoms with Gasteiger partial charge in [-0.25, -0.2) is 0 Å². The predicted molar refractivity (Wildman–Crippen MR) is 57.1 cm³/mol. The largest absolute Gasteiger partial charge is 0.257 e. The highest BCUT2D eigenvalue weighted by Crippen LogP contribution is 2.16. The molecule has 2 nitrogen and oxygen atoms in total. The van der Waals surface area contributed by atoms with Crippen LogP contribution >= 0.6 is 31.9 Å². The van der Waals surface area contributed by atoms with E-state index in [0.29, 0.717) is 0 Å². The molecule has 0 aliphatic carbocycles. The molecule has 0 aliphatic rings. The number of halogens is 2. The van der Waals surface area contributed by atoms with E-state index in [1.54, 1.807) is 0 Å². The van der Waals surface area contributed by atoms with E-state index in [1.165, 1.54) is 0 Å². The van der Waals surface area contributed by atoms with Crippen LogP contribution in [0.2, 0.25) is 0 Å². The fourth-order valence-electron chi connectivity index (χ4n) is 0.907. The van der Waals surface area contributed by atoms with E-state index >= 15 is 0 Å². The van der Waals surface area contributed by atoms with Crippen molar-refractivity contribution in [2.45, 2.75) is 19.4 Å². The van der Waals surface area contributed by atoms with Gasteiger partial charge in [-0.3, -0.25) is 4.68 Å². The van der Waals surface area contributed by atoms with E-state index in [9.17, 15) is 0 Å². The maximum Gasteiger partial charge on any atom is 0.129 e. The first-order valence-corrected chi connectivity index (χ1v) is 5.32. The van der Waals surface area contributed by atoms with E-state index in [2.05, 4.69) is 43.5 Å². The van der Waals surface area contributed by atoms with Crippen molar-refractivity contribution in [2.75, 3.05) is 0 Å². The molecule has 1 aromatic heterocycles. The van der Waals surface area contributed by atoms with E-state index in [0.717, 1.165) is 28.6 Å². The Balaban J connectivity index is 2.50. The molecule has 0 amide bonds. The van der Waals surface area contributed by atoms with E-state index < -0.39 is 0 Å². The van der Waals surface area contributed by atoms with Gasteiger partial charge in [0.05, 0.1) is 0 Å². The van der Waals surface area contributed by atoms with Crippen LogP contribution in [0, 0.1) is 0 Å². The molecule has 1 rings (SSSR count). The average molecular weight is 294 g/mol. The minimum atomic E-state index is 0.868. The molecule has 0 radical (unpaired) electrons. The van der Waals surface area contributed by atoms with Gasteiger partial charge in [-0.05, 0) is 44.7 Å². The first-order chi connectivity index (χ1) is 5.74. The van der Waals surface area contributed by atoms with Crippen molar-refractivity contribution < 1.29 is 0 Å². The van der Waals surface area contributed by atoms with Crippen LogP contribution < -0.4 is 0 Å². The summed E-state index contributed by atoms with van der Waals surface area (Å²) in [5.74, 6) is 0. The predicted octanol–water partition coefficient (Wildman–Crippen LogP) is 3.37. The third-order valence-corrected chi connectivity index (χ3v) is 2.51. The summed E-state index contributed by atoms with van der Waals surface area (Å²) in [5, 5.41) is 4.23. The van der Waals surface area contributed by atoms with Crippen molar-refractivity contribution in [3.63, 3.8) is 0 Å². The van der Waals surface area contributed by atoms with Gasteiger partial charge in [0.15, 0.2) is 0 Å². The van der Waals surface area contributed by atoms with Gasteiger partial charge in [-0.15, -0.1) is 6.58 Å². The van der Waals surface area contributed by atoms with Gasteiger partial charge in [0, 0.05) is 12.6 Å². The molecule has 0 saturated carbocycles. The molecule has 0 bridgehead atoms. The lowest BCUT2D eigenvalue weighted by Gasteiger charge is -1.99. The number of nitrogens with zero attached hydrogens (tertiary/aromatic N) is 2. The quantitative estimate of drug-likeness (QED) is 0.615. The maximum absolute atomic E-state index is 4.23. The second kappa shape index (κ2) is 4.82. The molecule has 4 heteroatoms. The maximum atomic E-state index is 4.23. The number of hydrogen-bond donors (Lipinski definition) is 0. The van der Waals surface area contributed by atoms with Crippen LogP contribution in [0.5, 0.6) is 0 Å². The zero-order chi connectivity index (χ0) is 8.97. The summed E-state index contributed by atoms with van der Waals surface area (Å²) in [5.41, 5.74) is 0. The first-order valence-electron chi connectivity index (χ1n) is 3.74. The Kier molecular flexibility index (Phi) is 4.01. The second-order valence-corrected chi connectivity index (χ2v) is 4.07. The van der Waals surface area contributed by atoms with Gasteiger partial charge in [0.1, 0.15) is 9.21 Å². The van der Waals surface area contributed by atoms with Gasteiger partial charge >= 0.3 is 0 Å². The van der Waals surface area contributed by atoms with Gasteiger partial charge < -0.3 is 0 Å². The van der Waals surface area contributed by atoms with Crippen LogP contribution in [0.3, 0.4) is 0 Å². The summed E-state index contributed by atoms with van der Waals surface area (Å²) in [6, 6.07) is 1.94. The molecule has 12 heavy (non-hydrogen) atoms.